The lowest BCUT2D eigenvalue weighted by molar-refractivity contribution is -0.118. The largest absolute Gasteiger partial charge is 0.493 e. The smallest absolute Gasteiger partial charge is 0.262 e. The van der Waals surface area contributed by atoms with Crippen LogP contribution in [-0.2, 0) is 14.8 Å². The van der Waals surface area contributed by atoms with Crippen LogP contribution < -0.4 is 14.8 Å². The molecule has 2 aromatic rings. The second kappa shape index (κ2) is 8.62. The number of hydrogen-bond donors (Lipinski definition) is 1. The van der Waals surface area contributed by atoms with Gasteiger partial charge in [0.25, 0.3) is 5.91 Å². The predicted octanol–water partition coefficient (Wildman–Crippen LogP) is 2.81. The third-order valence-corrected chi connectivity index (χ3v) is 6.39. The highest BCUT2D eigenvalue weighted by Crippen LogP contribution is 2.28. The number of methoxy groups -OCH3 is 1. The van der Waals surface area contributed by atoms with E-state index in [0.717, 1.165) is 18.4 Å². The van der Waals surface area contributed by atoms with E-state index in [1.807, 2.05) is 19.1 Å². The van der Waals surface area contributed by atoms with Crippen LogP contribution in [0.15, 0.2) is 47.4 Å². The van der Waals surface area contributed by atoms with E-state index in [1.54, 1.807) is 18.2 Å². The first-order valence-electron chi connectivity index (χ1n) is 9.07. The second-order valence-electron chi connectivity index (χ2n) is 6.63. The molecule has 1 N–H and O–H groups in total. The van der Waals surface area contributed by atoms with Crippen molar-refractivity contribution in [2.45, 2.75) is 24.7 Å². The number of nitrogens with one attached hydrogen (secondary N) is 1. The molecule has 1 aliphatic rings. The summed E-state index contributed by atoms with van der Waals surface area (Å²) in [6.45, 7) is 2.78. The molecule has 8 heteroatoms. The zero-order valence-electron chi connectivity index (χ0n) is 16.0. The fraction of sp³-hybridized carbons (Fsp3) is 0.350. The lowest BCUT2D eigenvalue weighted by atomic mass is 10.2. The van der Waals surface area contributed by atoms with Gasteiger partial charge in [-0.25, -0.2) is 8.42 Å². The van der Waals surface area contributed by atoms with Gasteiger partial charge in [0.05, 0.1) is 12.0 Å². The van der Waals surface area contributed by atoms with Gasteiger partial charge in [0, 0.05) is 18.8 Å². The van der Waals surface area contributed by atoms with Gasteiger partial charge < -0.3 is 14.8 Å². The molecule has 0 spiro atoms. The van der Waals surface area contributed by atoms with Crippen molar-refractivity contribution < 1.29 is 22.7 Å². The van der Waals surface area contributed by atoms with Crippen LogP contribution in [0, 0.1) is 6.92 Å². The Hall–Kier alpha value is -2.58. The van der Waals surface area contributed by atoms with Crippen LogP contribution in [0.1, 0.15) is 18.4 Å². The highest BCUT2D eigenvalue weighted by Gasteiger charge is 2.27. The van der Waals surface area contributed by atoms with Crippen LogP contribution in [0.3, 0.4) is 0 Å². The van der Waals surface area contributed by atoms with E-state index >= 15 is 0 Å². The first kappa shape index (κ1) is 20.2. The summed E-state index contributed by atoms with van der Waals surface area (Å²) in [6, 6.07) is 11.7. The number of aryl methyl sites for hydroxylation is 1. The summed E-state index contributed by atoms with van der Waals surface area (Å²) in [6.07, 6.45) is 1.74. The second-order valence-corrected chi connectivity index (χ2v) is 8.57. The molecule has 0 atom stereocenters. The van der Waals surface area contributed by atoms with E-state index in [1.165, 1.54) is 23.5 Å². The molecule has 0 radical (unpaired) electrons. The summed E-state index contributed by atoms with van der Waals surface area (Å²) in [7, 11) is -2.00. The van der Waals surface area contributed by atoms with Crippen molar-refractivity contribution in [2.24, 2.45) is 0 Å². The summed E-state index contributed by atoms with van der Waals surface area (Å²) in [5, 5.41) is 2.68. The minimum Gasteiger partial charge on any atom is -0.493 e. The van der Waals surface area contributed by atoms with Crippen molar-refractivity contribution in [1.82, 2.24) is 4.31 Å². The number of sulfonamides is 1. The van der Waals surface area contributed by atoms with Gasteiger partial charge in [0.15, 0.2) is 18.1 Å². The topological polar surface area (TPSA) is 84.9 Å². The number of rotatable bonds is 7. The molecule has 0 unspecified atom stereocenters. The molecule has 0 saturated carbocycles. The van der Waals surface area contributed by atoms with Crippen molar-refractivity contribution in [3.05, 3.63) is 48.0 Å². The number of amides is 1. The third kappa shape index (κ3) is 4.63. The normalized spacial score (nSPS) is 14.6. The Morgan fingerprint density at radius 1 is 1.11 bits per heavy atom. The van der Waals surface area contributed by atoms with Gasteiger partial charge >= 0.3 is 0 Å². The molecule has 1 fully saturated rings. The average molecular weight is 404 g/mol. The maximum atomic E-state index is 12.7. The molecule has 0 aromatic heterocycles. The summed E-state index contributed by atoms with van der Waals surface area (Å²) in [5.74, 6) is 0.624. The van der Waals surface area contributed by atoms with Crippen LogP contribution >= 0.6 is 0 Å². The maximum absolute atomic E-state index is 12.7. The van der Waals surface area contributed by atoms with Crippen LogP contribution in [0.2, 0.25) is 0 Å². The van der Waals surface area contributed by atoms with Crippen molar-refractivity contribution in [2.75, 3.05) is 32.1 Å². The molecule has 1 aliphatic heterocycles. The van der Waals surface area contributed by atoms with Crippen LogP contribution in [-0.4, -0.2) is 45.4 Å². The van der Waals surface area contributed by atoms with Gasteiger partial charge in [-0.15, -0.1) is 0 Å². The fourth-order valence-corrected chi connectivity index (χ4v) is 4.61. The van der Waals surface area contributed by atoms with E-state index in [4.69, 9.17) is 9.47 Å². The van der Waals surface area contributed by atoms with Crippen molar-refractivity contribution in [3.63, 3.8) is 0 Å². The van der Waals surface area contributed by atoms with Gasteiger partial charge in [-0.2, -0.15) is 4.31 Å². The van der Waals surface area contributed by atoms with Gasteiger partial charge in [-0.3, -0.25) is 4.79 Å². The monoisotopic (exact) mass is 404 g/mol. The first-order chi connectivity index (χ1) is 13.4. The number of ether oxygens (including phenoxy) is 2. The molecule has 1 amide bonds. The predicted molar refractivity (Wildman–Crippen MR) is 106 cm³/mol. The molecule has 150 valence electrons. The molecule has 1 saturated heterocycles. The maximum Gasteiger partial charge on any atom is 0.262 e. The SMILES string of the molecule is COc1cc(C)ccc1OCC(=O)Nc1cccc(S(=O)(=O)N2CCCC2)c1. The third-order valence-electron chi connectivity index (χ3n) is 4.50. The number of nitrogens with zero attached hydrogens (tertiary/aromatic N) is 1. The summed E-state index contributed by atoms with van der Waals surface area (Å²) >= 11 is 0. The Labute approximate surface area is 165 Å². The number of anilines is 1. The Kier molecular flexibility index (Phi) is 6.21. The van der Waals surface area contributed by atoms with Crippen LogP contribution in [0.4, 0.5) is 5.69 Å². The minimum atomic E-state index is -3.53. The Bertz CT molecular complexity index is 953. The molecule has 1 heterocycles. The van der Waals surface area contributed by atoms with Crippen molar-refractivity contribution >= 4 is 21.6 Å². The van der Waals surface area contributed by atoms with Crippen LogP contribution in [0.25, 0.3) is 0 Å². The lowest BCUT2D eigenvalue weighted by Gasteiger charge is -2.16. The van der Waals surface area contributed by atoms with Gasteiger partial charge in [0.1, 0.15) is 0 Å². The zero-order chi connectivity index (χ0) is 20.1. The Morgan fingerprint density at radius 2 is 1.86 bits per heavy atom. The molecule has 3 rings (SSSR count). The van der Waals surface area contributed by atoms with Gasteiger partial charge in [-0.1, -0.05) is 12.1 Å². The number of carbonyl (C=O) groups is 1. The molecule has 2 aromatic carbocycles. The zero-order valence-corrected chi connectivity index (χ0v) is 16.8. The lowest BCUT2D eigenvalue weighted by Crippen LogP contribution is -2.28. The summed E-state index contributed by atoms with van der Waals surface area (Å²) < 4.78 is 37.6. The molecular formula is C20H24N2O5S. The molecule has 28 heavy (non-hydrogen) atoms. The Morgan fingerprint density at radius 3 is 2.57 bits per heavy atom. The van der Waals surface area contributed by atoms with E-state index in [2.05, 4.69) is 5.32 Å². The van der Waals surface area contributed by atoms with E-state index in [0.29, 0.717) is 30.3 Å². The number of hydrogen-bond acceptors (Lipinski definition) is 5. The first-order valence-corrected chi connectivity index (χ1v) is 10.5. The summed E-state index contributed by atoms with van der Waals surface area (Å²) in [4.78, 5) is 12.4. The van der Waals surface area contributed by atoms with E-state index in [-0.39, 0.29) is 11.5 Å². The molecular weight excluding hydrogens is 380 g/mol. The standard InChI is InChI=1S/C20H24N2O5S/c1-15-8-9-18(19(12-15)26-2)27-14-20(23)21-16-6-5-7-17(13-16)28(24,25)22-10-3-4-11-22/h5-9,12-13H,3-4,10-11,14H2,1-2H3,(H,21,23). The fourth-order valence-electron chi connectivity index (χ4n) is 3.05. The Balaban J connectivity index is 1.65. The van der Waals surface area contributed by atoms with E-state index in [9.17, 15) is 13.2 Å². The molecule has 0 aliphatic carbocycles. The van der Waals surface area contributed by atoms with E-state index < -0.39 is 15.9 Å². The minimum absolute atomic E-state index is 0.174. The number of benzene rings is 2. The van der Waals surface area contributed by atoms with Gasteiger partial charge in [0.2, 0.25) is 10.0 Å². The van der Waals surface area contributed by atoms with Crippen molar-refractivity contribution in [1.29, 1.82) is 0 Å². The highest BCUT2D eigenvalue weighted by atomic mass is 32.2. The van der Waals surface area contributed by atoms with Crippen molar-refractivity contribution in [3.8, 4) is 11.5 Å². The highest BCUT2D eigenvalue weighted by molar-refractivity contribution is 7.89. The quantitative estimate of drug-likeness (QED) is 0.767. The number of carbonyl (C=O) groups excluding carboxylic acids is 1. The molecule has 0 bridgehead atoms. The molecule has 7 nitrogen and oxygen atoms in total. The van der Waals surface area contributed by atoms with Crippen LogP contribution in [0.5, 0.6) is 11.5 Å². The average Bonchev–Trinajstić information content (AvgIpc) is 3.23. The van der Waals surface area contributed by atoms with Gasteiger partial charge in [-0.05, 0) is 55.7 Å². The summed E-state index contributed by atoms with van der Waals surface area (Å²) in [5.41, 5.74) is 1.43.